The number of benzene rings is 1. The molecule has 0 radical (unpaired) electrons. The van der Waals surface area contributed by atoms with Crippen molar-refractivity contribution in [2.75, 3.05) is 18.1 Å². The Kier molecular flexibility index (Phi) is 3.51. The van der Waals surface area contributed by atoms with E-state index in [9.17, 15) is 8.78 Å². The predicted molar refractivity (Wildman–Crippen MR) is 54.5 cm³/mol. The molecule has 6 heteroatoms. The SMILES string of the molecule is Nc1cc(OCC(F)F)cc(Br)c1N. The summed E-state index contributed by atoms with van der Waals surface area (Å²) < 4.78 is 28.9. The Labute approximate surface area is 88.2 Å². The number of nitrogens with two attached hydrogens (primary N) is 2. The Hall–Kier alpha value is -1.04. The molecule has 0 spiro atoms. The number of ether oxygens (including phenoxy) is 1. The van der Waals surface area contributed by atoms with E-state index < -0.39 is 13.0 Å². The third kappa shape index (κ3) is 2.73. The molecule has 1 rings (SSSR count). The first-order chi connectivity index (χ1) is 6.50. The molecule has 0 aliphatic carbocycles. The maximum absolute atomic E-state index is 11.8. The molecular weight excluding hydrogens is 258 g/mol. The van der Waals surface area contributed by atoms with Crippen LogP contribution in [0.4, 0.5) is 20.2 Å². The van der Waals surface area contributed by atoms with E-state index in [0.29, 0.717) is 15.8 Å². The van der Waals surface area contributed by atoms with Gasteiger partial charge in [0.25, 0.3) is 6.43 Å². The van der Waals surface area contributed by atoms with E-state index in [2.05, 4.69) is 15.9 Å². The van der Waals surface area contributed by atoms with Crippen molar-refractivity contribution in [3.63, 3.8) is 0 Å². The minimum absolute atomic E-state index is 0.267. The van der Waals surface area contributed by atoms with Gasteiger partial charge in [0.1, 0.15) is 12.4 Å². The summed E-state index contributed by atoms with van der Waals surface area (Å²) in [5, 5.41) is 0. The van der Waals surface area contributed by atoms with Crippen LogP contribution in [0.15, 0.2) is 16.6 Å². The molecule has 0 heterocycles. The second kappa shape index (κ2) is 4.45. The van der Waals surface area contributed by atoms with Gasteiger partial charge in [0.2, 0.25) is 0 Å². The smallest absolute Gasteiger partial charge is 0.272 e. The summed E-state index contributed by atoms with van der Waals surface area (Å²) in [6, 6.07) is 2.90. The molecule has 0 aliphatic heterocycles. The van der Waals surface area contributed by atoms with Crippen LogP contribution in [0.3, 0.4) is 0 Å². The van der Waals surface area contributed by atoms with Gasteiger partial charge in [-0.3, -0.25) is 0 Å². The number of rotatable bonds is 3. The number of hydrogen-bond acceptors (Lipinski definition) is 3. The van der Waals surface area contributed by atoms with Gasteiger partial charge in [0, 0.05) is 10.5 Å². The summed E-state index contributed by atoms with van der Waals surface area (Å²) in [6.07, 6.45) is -2.51. The Bertz CT molecular complexity index is 310. The highest BCUT2D eigenvalue weighted by molar-refractivity contribution is 9.10. The first-order valence-electron chi connectivity index (χ1n) is 3.76. The molecule has 0 saturated heterocycles. The van der Waals surface area contributed by atoms with E-state index in [0.717, 1.165) is 0 Å². The van der Waals surface area contributed by atoms with Crippen molar-refractivity contribution in [3.8, 4) is 5.75 Å². The molecule has 0 atom stereocenters. The summed E-state index contributed by atoms with van der Waals surface area (Å²) in [7, 11) is 0. The molecular formula is C8H9BrF2N2O. The van der Waals surface area contributed by atoms with Crippen LogP contribution in [-0.2, 0) is 0 Å². The van der Waals surface area contributed by atoms with Crippen molar-refractivity contribution in [3.05, 3.63) is 16.6 Å². The van der Waals surface area contributed by atoms with E-state index >= 15 is 0 Å². The monoisotopic (exact) mass is 266 g/mol. The molecule has 1 aromatic carbocycles. The van der Waals surface area contributed by atoms with Gasteiger partial charge >= 0.3 is 0 Å². The third-order valence-electron chi connectivity index (χ3n) is 1.51. The number of alkyl halides is 2. The maximum Gasteiger partial charge on any atom is 0.272 e. The zero-order valence-electron chi connectivity index (χ0n) is 7.14. The Morgan fingerprint density at radius 2 is 2.00 bits per heavy atom. The summed E-state index contributed by atoms with van der Waals surface area (Å²) in [5.41, 5.74) is 11.7. The fraction of sp³-hybridized carbons (Fsp3) is 0.250. The van der Waals surface area contributed by atoms with Gasteiger partial charge in [0.05, 0.1) is 11.4 Å². The minimum Gasteiger partial charge on any atom is -0.488 e. The zero-order chi connectivity index (χ0) is 10.7. The highest BCUT2D eigenvalue weighted by Crippen LogP contribution is 2.30. The van der Waals surface area contributed by atoms with Crippen molar-refractivity contribution >= 4 is 27.3 Å². The van der Waals surface area contributed by atoms with E-state index in [1.807, 2.05) is 0 Å². The van der Waals surface area contributed by atoms with Gasteiger partial charge in [-0.05, 0) is 22.0 Å². The highest BCUT2D eigenvalue weighted by atomic mass is 79.9. The Balaban J connectivity index is 2.79. The molecule has 0 bridgehead atoms. The van der Waals surface area contributed by atoms with Crippen LogP contribution in [0.5, 0.6) is 5.75 Å². The zero-order valence-corrected chi connectivity index (χ0v) is 8.72. The van der Waals surface area contributed by atoms with Gasteiger partial charge in [-0.25, -0.2) is 8.78 Å². The van der Waals surface area contributed by atoms with E-state index in [1.165, 1.54) is 12.1 Å². The molecule has 0 unspecified atom stereocenters. The quantitative estimate of drug-likeness (QED) is 0.826. The molecule has 0 fully saturated rings. The van der Waals surface area contributed by atoms with Gasteiger partial charge < -0.3 is 16.2 Å². The first-order valence-corrected chi connectivity index (χ1v) is 4.55. The lowest BCUT2D eigenvalue weighted by atomic mass is 10.2. The van der Waals surface area contributed by atoms with Gasteiger partial charge in [-0.2, -0.15) is 0 Å². The topological polar surface area (TPSA) is 61.3 Å². The largest absolute Gasteiger partial charge is 0.488 e. The van der Waals surface area contributed by atoms with Gasteiger partial charge in [-0.1, -0.05) is 0 Å². The normalized spacial score (nSPS) is 10.6. The number of hydrogen-bond donors (Lipinski definition) is 2. The van der Waals surface area contributed by atoms with Crippen LogP contribution < -0.4 is 16.2 Å². The lowest BCUT2D eigenvalue weighted by molar-refractivity contribution is 0.0819. The highest BCUT2D eigenvalue weighted by Gasteiger charge is 2.07. The molecule has 1 aromatic rings. The number of anilines is 2. The molecule has 3 nitrogen and oxygen atoms in total. The standard InChI is InChI=1S/C8H9BrF2N2O/c9-5-1-4(14-3-7(10)11)2-6(12)8(5)13/h1-2,7H,3,12-13H2. The average molecular weight is 267 g/mol. The minimum atomic E-state index is -2.51. The molecule has 0 amide bonds. The van der Waals surface area contributed by atoms with E-state index in [4.69, 9.17) is 16.2 Å². The predicted octanol–water partition coefficient (Wildman–Crippen LogP) is 2.26. The third-order valence-corrected chi connectivity index (χ3v) is 2.17. The van der Waals surface area contributed by atoms with Crippen molar-refractivity contribution in [2.45, 2.75) is 6.43 Å². The van der Waals surface area contributed by atoms with Crippen LogP contribution in [-0.4, -0.2) is 13.0 Å². The summed E-state index contributed by atoms with van der Waals surface area (Å²) in [4.78, 5) is 0. The number of halogens is 3. The summed E-state index contributed by atoms with van der Waals surface area (Å²) >= 11 is 3.13. The van der Waals surface area contributed by atoms with Crippen molar-refractivity contribution in [2.24, 2.45) is 0 Å². The van der Waals surface area contributed by atoms with Crippen LogP contribution in [0.2, 0.25) is 0 Å². The van der Waals surface area contributed by atoms with E-state index in [-0.39, 0.29) is 5.75 Å². The molecule has 78 valence electrons. The van der Waals surface area contributed by atoms with Gasteiger partial charge in [0.15, 0.2) is 0 Å². The van der Waals surface area contributed by atoms with Crippen molar-refractivity contribution < 1.29 is 13.5 Å². The molecule has 0 saturated carbocycles. The first kappa shape index (κ1) is 11.0. The molecule has 4 N–H and O–H groups in total. The second-order valence-corrected chi connectivity index (χ2v) is 3.46. The Morgan fingerprint density at radius 3 is 2.50 bits per heavy atom. The fourth-order valence-corrected chi connectivity index (χ4v) is 1.31. The summed E-state index contributed by atoms with van der Waals surface area (Å²) in [5.74, 6) is 0.267. The maximum atomic E-state index is 11.8. The van der Waals surface area contributed by atoms with Crippen LogP contribution in [0, 0.1) is 0 Å². The molecule has 14 heavy (non-hydrogen) atoms. The second-order valence-electron chi connectivity index (χ2n) is 2.61. The lowest BCUT2D eigenvalue weighted by Gasteiger charge is -2.09. The lowest BCUT2D eigenvalue weighted by Crippen LogP contribution is -2.07. The van der Waals surface area contributed by atoms with Crippen LogP contribution in [0.25, 0.3) is 0 Å². The van der Waals surface area contributed by atoms with Crippen LogP contribution in [0.1, 0.15) is 0 Å². The molecule has 0 aromatic heterocycles. The van der Waals surface area contributed by atoms with Crippen molar-refractivity contribution in [1.82, 2.24) is 0 Å². The summed E-state index contributed by atoms with van der Waals surface area (Å²) in [6.45, 7) is -0.657. The number of nitrogen functional groups attached to an aromatic ring is 2. The Morgan fingerprint density at radius 1 is 1.36 bits per heavy atom. The van der Waals surface area contributed by atoms with Gasteiger partial charge in [-0.15, -0.1) is 0 Å². The fourth-order valence-electron chi connectivity index (χ4n) is 0.856. The molecule has 0 aliphatic rings. The van der Waals surface area contributed by atoms with Crippen molar-refractivity contribution in [1.29, 1.82) is 0 Å². The van der Waals surface area contributed by atoms with E-state index in [1.54, 1.807) is 0 Å². The average Bonchev–Trinajstić information content (AvgIpc) is 2.10. The van der Waals surface area contributed by atoms with Crippen LogP contribution >= 0.6 is 15.9 Å².